The number of hydrogen-bond acceptors (Lipinski definition) is 15. The molecule has 570 valence electrons. The number of unbranched alkanes of at least 4 members (excludes halogenated alkanes) is 52. The van der Waals surface area contributed by atoms with Crippen LogP contribution in [-0.2, 0) is 65.4 Å². The van der Waals surface area contributed by atoms with Gasteiger partial charge in [0.15, 0.2) is 12.2 Å². The molecule has 0 aromatic carbocycles. The molecule has 5 atom stereocenters. The van der Waals surface area contributed by atoms with Gasteiger partial charge in [-0.05, 0) is 25.7 Å². The third-order valence-corrected chi connectivity index (χ3v) is 20.0. The average molecular weight is 1410 g/mol. The third-order valence-electron chi connectivity index (χ3n) is 18.1. The van der Waals surface area contributed by atoms with Crippen molar-refractivity contribution < 1.29 is 80.2 Å². The van der Waals surface area contributed by atoms with E-state index in [0.29, 0.717) is 25.7 Å². The van der Waals surface area contributed by atoms with E-state index in [1.165, 1.54) is 244 Å². The maximum atomic E-state index is 13.1. The van der Waals surface area contributed by atoms with Crippen LogP contribution in [0.5, 0.6) is 0 Å². The van der Waals surface area contributed by atoms with E-state index in [1.54, 1.807) is 0 Å². The molecule has 96 heavy (non-hydrogen) atoms. The molecule has 0 saturated heterocycles. The number of carbonyl (C=O) groups excluding carboxylic acids is 4. The normalized spacial score (nSPS) is 13.9. The van der Waals surface area contributed by atoms with E-state index in [-0.39, 0.29) is 25.7 Å². The van der Waals surface area contributed by atoms with E-state index in [4.69, 9.17) is 37.0 Å². The standard InChI is InChI=1S/C77H150O17P2/c1-5-9-13-17-21-25-28-31-34-36-38-41-43-46-50-54-58-62-75(80)88-68-73(94-77(82)64-60-56-52-48-45-42-39-37-35-32-29-26-22-18-14-10-6-2)70-92-96(85,86)90-66-71(78)65-89-95(83,84)91-69-72(67-87-74(79)61-57-53-49-24-20-16-12-8-4)93-76(81)63-59-55-51-47-44-40-33-30-27-23-19-15-11-7-3/h71-73,78H,5-70H2,1-4H3,(H,83,84)(H,85,86)/t71-,72+,73+/m0/s1. The van der Waals surface area contributed by atoms with Gasteiger partial charge in [-0.15, -0.1) is 0 Å². The lowest BCUT2D eigenvalue weighted by molar-refractivity contribution is -0.161. The topological polar surface area (TPSA) is 237 Å². The summed E-state index contributed by atoms with van der Waals surface area (Å²) >= 11 is 0. The van der Waals surface area contributed by atoms with Gasteiger partial charge in [0.1, 0.15) is 19.3 Å². The third kappa shape index (κ3) is 70.5. The molecule has 0 aliphatic carbocycles. The Morgan fingerprint density at radius 1 is 0.250 bits per heavy atom. The molecule has 0 fully saturated rings. The fraction of sp³-hybridized carbons (Fsp3) is 0.948. The summed E-state index contributed by atoms with van der Waals surface area (Å²) in [5, 5.41) is 10.6. The molecular formula is C77H150O17P2. The number of phosphoric ester groups is 2. The fourth-order valence-electron chi connectivity index (χ4n) is 11.9. The Morgan fingerprint density at radius 2 is 0.417 bits per heavy atom. The zero-order chi connectivity index (χ0) is 70.4. The Labute approximate surface area is 588 Å². The SMILES string of the molecule is CCCCCCCCCCCCCCCCCCCC(=O)OC[C@H](COP(=O)(O)OC[C@@H](O)COP(=O)(O)OC[C@@H](COC(=O)CCCCCCCCCC)OC(=O)CCCCCCCCCCCCCCCC)OC(=O)CCCCCCCCCCCCCCCCCCC. The largest absolute Gasteiger partial charge is 0.472 e. The molecule has 0 aromatic rings. The summed E-state index contributed by atoms with van der Waals surface area (Å²) in [5.41, 5.74) is 0. The van der Waals surface area contributed by atoms with Gasteiger partial charge in [-0.3, -0.25) is 37.3 Å². The number of aliphatic hydroxyl groups excluding tert-OH is 1. The highest BCUT2D eigenvalue weighted by Gasteiger charge is 2.30. The molecule has 3 N–H and O–H groups in total. The minimum absolute atomic E-state index is 0.108. The van der Waals surface area contributed by atoms with Gasteiger partial charge in [-0.25, -0.2) is 9.13 Å². The van der Waals surface area contributed by atoms with Crippen LogP contribution in [-0.4, -0.2) is 96.7 Å². The fourth-order valence-corrected chi connectivity index (χ4v) is 13.5. The Kier molecular flexibility index (Phi) is 70.0. The van der Waals surface area contributed by atoms with E-state index < -0.39 is 97.5 Å². The second-order valence-corrected chi connectivity index (χ2v) is 30.7. The minimum atomic E-state index is -4.96. The highest BCUT2D eigenvalue weighted by Crippen LogP contribution is 2.45. The molecule has 0 aliphatic heterocycles. The molecule has 0 amide bonds. The first kappa shape index (κ1) is 94.1. The molecule has 19 heteroatoms. The number of ether oxygens (including phenoxy) is 4. The van der Waals surface area contributed by atoms with Gasteiger partial charge in [0.05, 0.1) is 26.4 Å². The number of aliphatic hydroxyl groups is 1. The molecule has 0 spiro atoms. The second-order valence-electron chi connectivity index (χ2n) is 27.7. The van der Waals surface area contributed by atoms with Crippen molar-refractivity contribution in [3.8, 4) is 0 Å². The first-order valence-electron chi connectivity index (χ1n) is 40.3. The van der Waals surface area contributed by atoms with Crippen molar-refractivity contribution >= 4 is 39.5 Å². The van der Waals surface area contributed by atoms with E-state index in [2.05, 4.69) is 27.7 Å². The summed E-state index contributed by atoms with van der Waals surface area (Å²) in [6, 6.07) is 0. The molecule has 0 heterocycles. The Bertz CT molecular complexity index is 1830. The van der Waals surface area contributed by atoms with E-state index >= 15 is 0 Å². The summed E-state index contributed by atoms with van der Waals surface area (Å²) in [7, 11) is -9.91. The number of rotatable bonds is 78. The van der Waals surface area contributed by atoms with Gasteiger partial charge in [-0.1, -0.05) is 362 Å². The summed E-state index contributed by atoms with van der Waals surface area (Å²) in [6.07, 6.45) is 62.4. The minimum Gasteiger partial charge on any atom is -0.462 e. The van der Waals surface area contributed by atoms with Crippen molar-refractivity contribution in [1.82, 2.24) is 0 Å². The summed E-state index contributed by atoms with van der Waals surface area (Å²) in [4.78, 5) is 72.8. The quantitative estimate of drug-likeness (QED) is 0.0222. The van der Waals surface area contributed by atoms with Crippen molar-refractivity contribution in [2.24, 2.45) is 0 Å². The summed E-state index contributed by atoms with van der Waals surface area (Å²) in [5.74, 6) is -2.11. The molecule has 0 aromatic heterocycles. The maximum absolute atomic E-state index is 13.1. The zero-order valence-corrected chi connectivity index (χ0v) is 64.1. The van der Waals surface area contributed by atoms with Crippen molar-refractivity contribution in [3.05, 3.63) is 0 Å². The Hall–Kier alpha value is -1.94. The number of carbonyl (C=O) groups is 4. The van der Waals surface area contributed by atoms with E-state index in [1.807, 2.05) is 0 Å². The van der Waals surface area contributed by atoms with Gasteiger partial charge >= 0.3 is 39.5 Å². The van der Waals surface area contributed by atoms with Crippen LogP contribution < -0.4 is 0 Å². The molecule has 17 nitrogen and oxygen atoms in total. The van der Waals surface area contributed by atoms with Crippen LogP contribution in [0.2, 0.25) is 0 Å². The summed E-state index contributed by atoms with van der Waals surface area (Å²) < 4.78 is 68.5. The lowest BCUT2D eigenvalue weighted by atomic mass is 10.0. The van der Waals surface area contributed by atoms with Crippen molar-refractivity contribution in [1.29, 1.82) is 0 Å². The molecule has 0 saturated carbocycles. The van der Waals surface area contributed by atoms with Crippen molar-refractivity contribution in [3.63, 3.8) is 0 Å². The van der Waals surface area contributed by atoms with Crippen LogP contribution in [0.25, 0.3) is 0 Å². The predicted molar refractivity (Wildman–Crippen MR) is 391 cm³/mol. The molecule has 0 radical (unpaired) electrons. The zero-order valence-electron chi connectivity index (χ0n) is 62.4. The maximum Gasteiger partial charge on any atom is 0.472 e. The monoisotopic (exact) mass is 1410 g/mol. The van der Waals surface area contributed by atoms with Crippen LogP contribution in [0, 0.1) is 0 Å². The highest BCUT2D eigenvalue weighted by molar-refractivity contribution is 7.47. The first-order chi connectivity index (χ1) is 46.7. The van der Waals surface area contributed by atoms with Gasteiger partial charge in [0.25, 0.3) is 0 Å². The van der Waals surface area contributed by atoms with Crippen LogP contribution in [0.1, 0.15) is 413 Å². The average Bonchev–Trinajstić information content (AvgIpc) is 1.72. The number of hydrogen-bond donors (Lipinski definition) is 3. The van der Waals surface area contributed by atoms with Gasteiger partial charge in [0, 0.05) is 25.7 Å². The smallest absolute Gasteiger partial charge is 0.462 e. The van der Waals surface area contributed by atoms with Crippen molar-refractivity contribution in [2.75, 3.05) is 39.6 Å². The van der Waals surface area contributed by atoms with Crippen molar-refractivity contribution in [2.45, 2.75) is 431 Å². The number of esters is 4. The predicted octanol–water partition coefficient (Wildman–Crippen LogP) is 23.0. The highest BCUT2D eigenvalue weighted by atomic mass is 31.2. The Balaban J connectivity index is 5.21. The van der Waals surface area contributed by atoms with Crippen LogP contribution >= 0.6 is 15.6 Å². The van der Waals surface area contributed by atoms with Gasteiger partial charge in [-0.2, -0.15) is 0 Å². The van der Waals surface area contributed by atoms with Crippen LogP contribution in [0.4, 0.5) is 0 Å². The lowest BCUT2D eigenvalue weighted by Crippen LogP contribution is -2.30. The summed E-state index contributed by atoms with van der Waals surface area (Å²) in [6.45, 7) is 4.98. The molecule has 0 rings (SSSR count). The second kappa shape index (κ2) is 71.5. The van der Waals surface area contributed by atoms with Gasteiger partial charge < -0.3 is 33.8 Å². The number of phosphoric acid groups is 2. The molecule has 2 unspecified atom stereocenters. The van der Waals surface area contributed by atoms with Crippen LogP contribution in [0.15, 0.2) is 0 Å². The van der Waals surface area contributed by atoms with Crippen LogP contribution in [0.3, 0.4) is 0 Å². The molecular weight excluding hydrogens is 1260 g/mol. The molecule has 0 aliphatic rings. The Morgan fingerprint density at radius 3 is 0.615 bits per heavy atom. The lowest BCUT2D eigenvalue weighted by Gasteiger charge is -2.21. The van der Waals surface area contributed by atoms with Gasteiger partial charge in [0.2, 0.25) is 0 Å². The molecule has 0 bridgehead atoms. The van der Waals surface area contributed by atoms with E-state index in [0.717, 1.165) is 89.9 Å². The van der Waals surface area contributed by atoms with E-state index in [9.17, 15) is 43.2 Å². The first-order valence-corrected chi connectivity index (χ1v) is 43.3.